The first-order chi connectivity index (χ1) is 13.9. The summed E-state index contributed by atoms with van der Waals surface area (Å²) in [5.41, 5.74) is 2.40. The van der Waals surface area contributed by atoms with Crippen molar-refractivity contribution < 1.29 is 22.3 Å². The van der Waals surface area contributed by atoms with Gasteiger partial charge in [-0.2, -0.15) is 18.2 Å². The Hall–Kier alpha value is -2.17. The minimum atomic E-state index is -4.38. The molecule has 1 N–H and O–H groups in total. The zero-order valence-corrected chi connectivity index (χ0v) is 16.4. The van der Waals surface area contributed by atoms with Crippen molar-refractivity contribution in [3.05, 3.63) is 29.3 Å². The van der Waals surface area contributed by atoms with Crippen LogP contribution in [-0.2, 0) is 4.74 Å². The topological polar surface area (TPSA) is 63.4 Å². The van der Waals surface area contributed by atoms with Crippen LogP contribution in [0.4, 0.5) is 19.2 Å². The van der Waals surface area contributed by atoms with E-state index in [4.69, 9.17) is 9.15 Å². The number of hydrogen-bond donors (Lipinski definition) is 1. The van der Waals surface area contributed by atoms with Crippen molar-refractivity contribution in [2.75, 3.05) is 24.6 Å². The number of anilines is 1. The van der Waals surface area contributed by atoms with E-state index in [1.807, 2.05) is 11.4 Å². The lowest BCUT2D eigenvalue weighted by molar-refractivity contribution is -0.184. The van der Waals surface area contributed by atoms with Crippen molar-refractivity contribution in [3.63, 3.8) is 0 Å². The number of oxazole rings is 1. The highest BCUT2D eigenvalue weighted by Gasteiger charge is 2.38. The van der Waals surface area contributed by atoms with Gasteiger partial charge in [-0.15, -0.1) is 11.3 Å². The lowest BCUT2D eigenvalue weighted by atomic mass is 9.92. The zero-order valence-electron chi connectivity index (χ0n) is 15.6. The smallest absolute Gasteiger partial charge is 0.411 e. The molecule has 29 heavy (non-hydrogen) atoms. The van der Waals surface area contributed by atoms with Crippen LogP contribution in [0, 0.1) is 0 Å². The van der Waals surface area contributed by atoms with E-state index >= 15 is 0 Å². The molecule has 10 heteroatoms. The predicted molar refractivity (Wildman–Crippen MR) is 103 cm³/mol. The monoisotopic (exact) mass is 424 g/mol. The molecule has 0 amide bonds. The molecule has 0 radical (unpaired) electrons. The molecule has 154 valence electrons. The molecule has 3 atom stereocenters. The molecule has 2 aromatic heterocycles. The molecule has 3 unspecified atom stereocenters. The minimum absolute atomic E-state index is 0.427. The molecule has 6 nitrogen and oxygen atoms in total. The average Bonchev–Trinajstić information content (AvgIpc) is 3.34. The number of hydrogen-bond acceptors (Lipinski definition) is 7. The van der Waals surface area contributed by atoms with E-state index in [0.29, 0.717) is 34.8 Å². The van der Waals surface area contributed by atoms with Gasteiger partial charge in [0.15, 0.2) is 5.58 Å². The molecule has 2 bridgehead atoms. The fourth-order valence-electron chi connectivity index (χ4n) is 3.98. The largest absolute Gasteiger partial charge is 0.423 e. The van der Waals surface area contributed by atoms with E-state index in [0.717, 1.165) is 30.1 Å². The first-order valence-electron chi connectivity index (χ1n) is 9.40. The van der Waals surface area contributed by atoms with Crippen LogP contribution < -0.4 is 10.2 Å². The number of piperazine rings is 1. The van der Waals surface area contributed by atoms with Gasteiger partial charge in [0.05, 0.1) is 11.7 Å². The summed E-state index contributed by atoms with van der Waals surface area (Å²) in [6.07, 6.45) is -2.31. The third-order valence-corrected chi connectivity index (χ3v) is 6.16. The van der Waals surface area contributed by atoms with E-state index in [2.05, 4.69) is 20.2 Å². The van der Waals surface area contributed by atoms with Crippen LogP contribution in [0.5, 0.6) is 0 Å². The molecule has 0 spiro atoms. The fourth-order valence-corrected chi connectivity index (χ4v) is 4.64. The highest BCUT2D eigenvalue weighted by atomic mass is 32.1. The lowest BCUT2D eigenvalue weighted by Gasteiger charge is -2.47. The molecule has 3 saturated heterocycles. The molecule has 0 saturated carbocycles. The number of alkyl halides is 3. The molecule has 3 aromatic rings. The Bertz CT molecular complexity index is 1000. The third kappa shape index (κ3) is 3.60. The number of benzene rings is 1. The van der Waals surface area contributed by atoms with Crippen molar-refractivity contribution in [2.24, 2.45) is 0 Å². The summed E-state index contributed by atoms with van der Waals surface area (Å²) in [4.78, 5) is 11.1. The number of ether oxygens (including phenoxy) is 1. The van der Waals surface area contributed by atoms with Gasteiger partial charge in [-0.05, 0) is 19.4 Å². The Morgan fingerprint density at radius 1 is 1.34 bits per heavy atom. The van der Waals surface area contributed by atoms with Crippen LogP contribution >= 0.6 is 11.3 Å². The summed E-state index contributed by atoms with van der Waals surface area (Å²) in [7, 11) is 0. The standard InChI is InChI=1S/C19H19F3N4O2S/c1-10(27-9-19(20,21)22)13-2-3-14(17-23-4-5-29-17)16-15(13)25-18(28-16)26-7-11-6-12(8-26)24-11/h2-5,10-12,24H,6-9H2,1H3. The van der Waals surface area contributed by atoms with E-state index in [-0.39, 0.29) is 0 Å². The first-order valence-corrected chi connectivity index (χ1v) is 10.3. The fraction of sp³-hybridized carbons (Fsp3) is 0.474. The van der Waals surface area contributed by atoms with Crippen LogP contribution in [0.15, 0.2) is 28.1 Å². The molecule has 0 aliphatic carbocycles. The van der Waals surface area contributed by atoms with Crippen molar-refractivity contribution in [2.45, 2.75) is 37.7 Å². The van der Waals surface area contributed by atoms with Crippen molar-refractivity contribution >= 4 is 28.5 Å². The SMILES string of the molecule is CC(OCC(F)(F)F)c1ccc(-c2nccs2)c2oc(N3CC4CC(C3)N4)nc12. The van der Waals surface area contributed by atoms with Gasteiger partial charge in [0, 0.05) is 42.3 Å². The number of halogens is 3. The summed E-state index contributed by atoms with van der Waals surface area (Å²) in [6, 6.07) is 4.91. The molecule has 1 aromatic carbocycles. The minimum Gasteiger partial charge on any atom is -0.423 e. The molecule has 3 aliphatic heterocycles. The normalized spacial score (nSPS) is 22.7. The number of nitrogens with one attached hydrogen (secondary N) is 1. The number of fused-ring (bicyclic) bond motifs is 3. The van der Waals surface area contributed by atoms with Gasteiger partial charge in [0.1, 0.15) is 17.1 Å². The van der Waals surface area contributed by atoms with E-state index in [1.54, 1.807) is 19.2 Å². The van der Waals surface area contributed by atoms with Gasteiger partial charge in [0.2, 0.25) is 0 Å². The Balaban J connectivity index is 1.54. The van der Waals surface area contributed by atoms with Gasteiger partial charge >= 0.3 is 6.18 Å². The predicted octanol–water partition coefficient (Wildman–Crippen LogP) is 4.14. The highest BCUT2D eigenvalue weighted by molar-refractivity contribution is 7.13. The Morgan fingerprint density at radius 2 is 2.10 bits per heavy atom. The van der Waals surface area contributed by atoms with Crippen molar-refractivity contribution in [1.29, 1.82) is 0 Å². The Morgan fingerprint density at radius 3 is 2.76 bits per heavy atom. The maximum Gasteiger partial charge on any atom is 0.411 e. The Labute approximate surface area is 168 Å². The lowest BCUT2D eigenvalue weighted by Crippen LogP contribution is -2.67. The van der Waals surface area contributed by atoms with E-state index < -0.39 is 18.9 Å². The van der Waals surface area contributed by atoms with Crippen LogP contribution in [0.25, 0.3) is 21.7 Å². The van der Waals surface area contributed by atoms with Crippen LogP contribution in [0.1, 0.15) is 25.0 Å². The summed E-state index contributed by atoms with van der Waals surface area (Å²) in [5.74, 6) is 0. The number of aromatic nitrogens is 2. The average molecular weight is 424 g/mol. The molecule has 3 fully saturated rings. The summed E-state index contributed by atoms with van der Waals surface area (Å²) in [5, 5.41) is 6.10. The number of thiazole rings is 1. The number of piperidine rings is 1. The Kier molecular flexibility index (Phi) is 4.52. The van der Waals surface area contributed by atoms with Crippen LogP contribution in [-0.4, -0.2) is 47.9 Å². The first kappa shape index (κ1) is 18.8. The van der Waals surface area contributed by atoms with Gasteiger partial charge in [-0.1, -0.05) is 6.07 Å². The summed E-state index contributed by atoms with van der Waals surface area (Å²) in [6.45, 7) is 1.88. The molecule has 5 heterocycles. The summed E-state index contributed by atoms with van der Waals surface area (Å²) < 4.78 is 49.0. The molecular weight excluding hydrogens is 405 g/mol. The van der Waals surface area contributed by atoms with Crippen molar-refractivity contribution in [3.8, 4) is 10.6 Å². The number of rotatable bonds is 5. The van der Waals surface area contributed by atoms with Crippen LogP contribution in [0.2, 0.25) is 0 Å². The van der Waals surface area contributed by atoms with Gasteiger partial charge < -0.3 is 19.4 Å². The van der Waals surface area contributed by atoms with Gasteiger partial charge in [-0.3, -0.25) is 0 Å². The van der Waals surface area contributed by atoms with Gasteiger partial charge in [-0.25, -0.2) is 4.98 Å². The van der Waals surface area contributed by atoms with Crippen molar-refractivity contribution in [1.82, 2.24) is 15.3 Å². The zero-order chi connectivity index (χ0) is 20.2. The second-order valence-corrected chi connectivity index (χ2v) is 8.38. The maximum atomic E-state index is 12.6. The third-order valence-electron chi connectivity index (χ3n) is 5.35. The van der Waals surface area contributed by atoms with Gasteiger partial charge in [0.25, 0.3) is 6.01 Å². The van der Waals surface area contributed by atoms with Crippen LogP contribution in [0.3, 0.4) is 0 Å². The molecule has 6 rings (SSSR count). The number of nitrogens with zero attached hydrogens (tertiary/aromatic N) is 3. The van der Waals surface area contributed by atoms with E-state index in [1.165, 1.54) is 11.3 Å². The molecule has 3 aliphatic rings. The van der Waals surface area contributed by atoms with E-state index in [9.17, 15) is 13.2 Å². The maximum absolute atomic E-state index is 12.6. The highest BCUT2D eigenvalue weighted by Crippen LogP contribution is 2.38. The summed E-state index contributed by atoms with van der Waals surface area (Å²) >= 11 is 1.47. The second-order valence-electron chi connectivity index (χ2n) is 7.48. The quantitative estimate of drug-likeness (QED) is 0.664. The molecular formula is C19H19F3N4O2S. The second kappa shape index (κ2) is 6.96.